The molecule has 0 N–H and O–H groups in total. The fraction of sp³-hybridized carbons (Fsp3) is 0.333. The molecule has 0 aliphatic carbocycles. The van der Waals surface area contributed by atoms with Gasteiger partial charge in [-0.05, 0) is 36.6 Å². The Labute approximate surface area is 80.7 Å². The van der Waals surface area contributed by atoms with Crippen molar-refractivity contribution in [3.63, 3.8) is 0 Å². The molecule has 0 saturated heterocycles. The second-order valence-corrected chi connectivity index (χ2v) is 3.50. The lowest BCUT2D eigenvalue weighted by Crippen LogP contribution is -2.08. The van der Waals surface area contributed by atoms with Gasteiger partial charge in [-0.15, -0.1) is 6.58 Å². The minimum absolute atomic E-state index is 0.958. The highest BCUT2D eigenvalue weighted by molar-refractivity contribution is 5.49. The molecule has 1 heteroatoms. The van der Waals surface area contributed by atoms with Crippen LogP contribution in [0.5, 0.6) is 0 Å². The van der Waals surface area contributed by atoms with Crippen LogP contribution in [-0.4, -0.2) is 14.1 Å². The third-order valence-corrected chi connectivity index (χ3v) is 2.21. The molecule has 0 spiro atoms. The summed E-state index contributed by atoms with van der Waals surface area (Å²) in [5, 5.41) is 0. The molecule has 0 aliphatic rings. The van der Waals surface area contributed by atoms with E-state index in [1.807, 2.05) is 6.08 Å². The van der Waals surface area contributed by atoms with E-state index in [2.05, 4.69) is 50.7 Å². The van der Waals surface area contributed by atoms with E-state index in [0.717, 1.165) is 6.42 Å². The van der Waals surface area contributed by atoms with Gasteiger partial charge in [-0.3, -0.25) is 0 Å². The van der Waals surface area contributed by atoms with Crippen LogP contribution in [0, 0.1) is 6.92 Å². The van der Waals surface area contributed by atoms with Crippen LogP contribution in [0.1, 0.15) is 11.1 Å². The van der Waals surface area contributed by atoms with Gasteiger partial charge in [-0.25, -0.2) is 0 Å². The largest absolute Gasteiger partial charge is 0.378 e. The third kappa shape index (κ3) is 2.35. The van der Waals surface area contributed by atoms with Crippen LogP contribution in [0.25, 0.3) is 0 Å². The van der Waals surface area contributed by atoms with Crippen LogP contribution in [-0.2, 0) is 6.42 Å². The average Bonchev–Trinajstić information content (AvgIpc) is 2.08. The number of hydrogen-bond acceptors (Lipinski definition) is 1. The molecule has 0 heterocycles. The van der Waals surface area contributed by atoms with Gasteiger partial charge in [0, 0.05) is 19.8 Å². The number of allylic oxidation sites excluding steroid dienone is 1. The maximum atomic E-state index is 3.74. The lowest BCUT2D eigenvalue weighted by molar-refractivity contribution is 1.11. The van der Waals surface area contributed by atoms with E-state index in [4.69, 9.17) is 0 Å². The summed E-state index contributed by atoms with van der Waals surface area (Å²) in [6.07, 6.45) is 2.90. The third-order valence-electron chi connectivity index (χ3n) is 2.21. The van der Waals surface area contributed by atoms with Gasteiger partial charge in [-0.2, -0.15) is 0 Å². The highest BCUT2D eigenvalue weighted by Crippen LogP contribution is 2.17. The molecule has 70 valence electrons. The van der Waals surface area contributed by atoms with Gasteiger partial charge in [0.1, 0.15) is 0 Å². The molecular weight excluding hydrogens is 158 g/mol. The number of nitrogens with zero attached hydrogens (tertiary/aromatic N) is 1. The zero-order valence-electron chi connectivity index (χ0n) is 8.67. The molecule has 1 aromatic carbocycles. The Morgan fingerprint density at radius 1 is 1.38 bits per heavy atom. The first kappa shape index (κ1) is 9.85. The predicted molar refractivity (Wildman–Crippen MR) is 59.4 cm³/mol. The fourth-order valence-electron chi connectivity index (χ4n) is 1.34. The van der Waals surface area contributed by atoms with Crippen molar-refractivity contribution in [3.05, 3.63) is 42.0 Å². The van der Waals surface area contributed by atoms with Crippen LogP contribution in [0.15, 0.2) is 30.9 Å². The van der Waals surface area contributed by atoms with Crippen LogP contribution >= 0.6 is 0 Å². The summed E-state index contributed by atoms with van der Waals surface area (Å²) in [4.78, 5) is 2.12. The van der Waals surface area contributed by atoms with E-state index in [1.165, 1.54) is 16.8 Å². The van der Waals surface area contributed by atoms with Gasteiger partial charge >= 0.3 is 0 Å². The first-order chi connectivity index (χ1) is 6.15. The van der Waals surface area contributed by atoms with E-state index in [-0.39, 0.29) is 0 Å². The van der Waals surface area contributed by atoms with Crippen molar-refractivity contribution in [2.45, 2.75) is 13.3 Å². The molecular formula is C12H17N. The van der Waals surface area contributed by atoms with Crippen LogP contribution in [0.3, 0.4) is 0 Å². The Morgan fingerprint density at radius 2 is 2.08 bits per heavy atom. The SMILES string of the molecule is C=CCc1ccc(N(C)C)cc1C. The van der Waals surface area contributed by atoms with E-state index in [1.54, 1.807) is 0 Å². The van der Waals surface area contributed by atoms with Crippen molar-refractivity contribution in [3.8, 4) is 0 Å². The lowest BCUT2D eigenvalue weighted by Gasteiger charge is -2.14. The molecule has 1 rings (SSSR count). The van der Waals surface area contributed by atoms with E-state index in [9.17, 15) is 0 Å². The first-order valence-corrected chi connectivity index (χ1v) is 4.53. The van der Waals surface area contributed by atoms with Crippen LogP contribution in [0.4, 0.5) is 5.69 Å². The van der Waals surface area contributed by atoms with E-state index >= 15 is 0 Å². The van der Waals surface area contributed by atoms with E-state index < -0.39 is 0 Å². The Kier molecular flexibility index (Phi) is 3.13. The van der Waals surface area contributed by atoms with Crippen molar-refractivity contribution in [2.75, 3.05) is 19.0 Å². The highest BCUT2D eigenvalue weighted by Gasteiger charge is 1.99. The van der Waals surface area contributed by atoms with Crippen molar-refractivity contribution < 1.29 is 0 Å². The topological polar surface area (TPSA) is 3.24 Å². The second-order valence-electron chi connectivity index (χ2n) is 3.50. The predicted octanol–water partition coefficient (Wildman–Crippen LogP) is 2.79. The quantitative estimate of drug-likeness (QED) is 0.638. The summed E-state index contributed by atoms with van der Waals surface area (Å²) in [5.74, 6) is 0. The normalized spacial score (nSPS) is 9.77. The Balaban J connectivity index is 2.98. The van der Waals surface area contributed by atoms with Crippen molar-refractivity contribution in [1.82, 2.24) is 0 Å². The van der Waals surface area contributed by atoms with Crippen LogP contribution in [0.2, 0.25) is 0 Å². The molecule has 0 bridgehead atoms. The van der Waals surface area contributed by atoms with Crippen LogP contribution < -0.4 is 4.90 Å². The Bertz CT molecular complexity index is 300. The molecule has 1 aromatic rings. The summed E-state index contributed by atoms with van der Waals surface area (Å²) in [7, 11) is 4.11. The minimum Gasteiger partial charge on any atom is -0.378 e. The molecule has 0 radical (unpaired) electrons. The Morgan fingerprint density at radius 3 is 2.54 bits per heavy atom. The van der Waals surface area contributed by atoms with Crippen molar-refractivity contribution in [1.29, 1.82) is 0 Å². The highest BCUT2D eigenvalue weighted by atomic mass is 15.1. The summed E-state index contributed by atoms with van der Waals surface area (Å²) < 4.78 is 0. The monoisotopic (exact) mass is 175 g/mol. The average molecular weight is 175 g/mol. The molecule has 0 atom stereocenters. The van der Waals surface area contributed by atoms with Gasteiger partial charge < -0.3 is 4.90 Å². The molecule has 13 heavy (non-hydrogen) atoms. The van der Waals surface area contributed by atoms with Crippen molar-refractivity contribution >= 4 is 5.69 Å². The van der Waals surface area contributed by atoms with Gasteiger partial charge in [0.15, 0.2) is 0 Å². The number of hydrogen-bond donors (Lipinski definition) is 0. The maximum Gasteiger partial charge on any atom is 0.0363 e. The first-order valence-electron chi connectivity index (χ1n) is 4.53. The molecule has 1 nitrogen and oxygen atoms in total. The van der Waals surface area contributed by atoms with Gasteiger partial charge in [0.2, 0.25) is 0 Å². The van der Waals surface area contributed by atoms with Gasteiger partial charge in [0.25, 0.3) is 0 Å². The zero-order chi connectivity index (χ0) is 9.84. The standard InChI is InChI=1S/C12H17N/c1-5-6-11-7-8-12(13(3)4)9-10(11)2/h5,7-9H,1,6H2,2-4H3. The second kappa shape index (κ2) is 4.13. The molecule has 0 aliphatic heterocycles. The van der Waals surface area contributed by atoms with Gasteiger partial charge in [0.05, 0.1) is 0 Å². The van der Waals surface area contributed by atoms with Gasteiger partial charge in [-0.1, -0.05) is 12.1 Å². The zero-order valence-corrected chi connectivity index (χ0v) is 8.67. The smallest absolute Gasteiger partial charge is 0.0363 e. The molecule has 0 amide bonds. The maximum absolute atomic E-state index is 3.74. The number of aryl methyl sites for hydroxylation is 1. The molecule has 0 saturated carbocycles. The number of benzene rings is 1. The fourth-order valence-corrected chi connectivity index (χ4v) is 1.34. The van der Waals surface area contributed by atoms with E-state index in [0.29, 0.717) is 0 Å². The Hall–Kier alpha value is -1.24. The number of anilines is 1. The number of rotatable bonds is 3. The molecule has 0 unspecified atom stereocenters. The minimum atomic E-state index is 0.958. The summed E-state index contributed by atoms with van der Waals surface area (Å²) >= 11 is 0. The molecule has 0 fully saturated rings. The van der Waals surface area contributed by atoms with Crippen molar-refractivity contribution in [2.24, 2.45) is 0 Å². The molecule has 0 aromatic heterocycles. The summed E-state index contributed by atoms with van der Waals surface area (Å²) in [5.41, 5.74) is 3.96. The lowest BCUT2D eigenvalue weighted by atomic mass is 10.0. The summed E-state index contributed by atoms with van der Waals surface area (Å²) in [6, 6.07) is 6.52. The summed E-state index contributed by atoms with van der Waals surface area (Å²) in [6.45, 7) is 5.89.